The second kappa shape index (κ2) is 17.6. The van der Waals surface area contributed by atoms with Crippen molar-refractivity contribution in [2.24, 2.45) is 0 Å². The van der Waals surface area contributed by atoms with Gasteiger partial charge < -0.3 is 18.6 Å². The van der Waals surface area contributed by atoms with Gasteiger partial charge in [-0.1, -0.05) is 225 Å². The normalized spacial score (nSPS) is 13.0. The van der Waals surface area contributed by atoms with Crippen LogP contribution in [0.3, 0.4) is 0 Å². The highest BCUT2D eigenvalue weighted by molar-refractivity contribution is 6.88. The summed E-state index contributed by atoms with van der Waals surface area (Å²) in [5, 5.41) is 10.4. The van der Waals surface area contributed by atoms with Crippen molar-refractivity contribution in [2.45, 2.75) is 32.0 Å². The average molecular weight is 1020 g/mol. The van der Waals surface area contributed by atoms with E-state index in [2.05, 4.69) is 291 Å². The van der Waals surface area contributed by atoms with Gasteiger partial charge in [-0.2, -0.15) is 0 Å². The van der Waals surface area contributed by atoms with E-state index in [4.69, 9.17) is 8.83 Å². The molecule has 0 N–H and O–H groups in total. The predicted molar refractivity (Wildman–Crippen MR) is 330 cm³/mol. The topological polar surface area (TPSA) is 32.8 Å². The number of aryl methyl sites for hydroxylation is 1. The lowest BCUT2D eigenvalue weighted by Gasteiger charge is -2.36. The number of hydrogen-bond donors (Lipinski definition) is 0. The first-order valence-electron chi connectivity index (χ1n) is 27.1. The monoisotopic (exact) mass is 1020 g/mol. The van der Waals surface area contributed by atoms with Gasteiger partial charge in [-0.15, -0.1) is 0 Å². The largest absolute Gasteiger partial charge is 0.454 e. The predicted octanol–water partition coefficient (Wildman–Crippen LogP) is 19.9. The minimum absolute atomic E-state index is 0.812. The molecule has 1 aliphatic carbocycles. The molecule has 4 nitrogen and oxygen atoms in total. The number of nitrogens with zero attached hydrogens (tertiary/aromatic N) is 2. The third-order valence-corrected chi connectivity index (χ3v) is 18.6. The first kappa shape index (κ1) is 45.9. The third kappa shape index (κ3) is 6.84. The van der Waals surface area contributed by atoms with Crippen molar-refractivity contribution in [2.75, 3.05) is 9.80 Å². The number of hydrogen-bond acceptors (Lipinski definition) is 4. The number of benzene rings is 12. The van der Waals surface area contributed by atoms with E-state index in [9.17, 15) is 0 Å². The maximum Gasteiger partial charge on any atom is 0.159 e. The zero-order valence-electron chi connectivity index (χ0n) is 44.0. The van der Waals surface area contributed by atoms with E-state index >= 15 is 0 Å². The fourth-order valence-electron chi connectivity index (χ4n) is 13.0. The van der Waals surface area contributed by atoms with Crippen LogP contribution in [0.25, 0.3) is 76.5 Å². The first-order valence-corrected chi connectivity index (χ1v) is 30.6. The quantitative estimate of drug-likeness (QED) is 0.135. The molecule has 0 spiro atoms. The highest BCUT2D eigenvalue weighted by Crippen LogP contribution is 2.63. The van der Waals surface area contributed by atoms with Crippen molar-refractivity contribution in [3.63, 3.8) is 0 Å². The summed E-state index contributed by atoms with van der Waals surface area (Å²) in [5.74, 6) is 0. The van der Waals surface area contributed by atoms with Gasteiger partial charge in [0, 0.05) is 43.7 Å². The van der Waals surface area contributed by atoms with Crippen LogP contribution in [0, 0.1) is 6.92 Å². The molecule has 0 aliphatic heterocycles. The Hall–Kier alpha value is -9.42. The number of anilines is 6. The van der Waals surface area contributed by atoms with Gasteiger partial charge in [0.2, 0.25) is 0 Å². The highest BCUT2D eigenvalue weighted by atomic mass is 28.3. The van der Waals surface area contributed by atoms with Crippen LogP contribution in [0.4, 0.5) is 34.1 Å². The summed E-state index contributed by atoms with van der Waals surface area (Å²) in [6, 6.07) is 94.0. The van der Waals surface area contributed by atoms with Crippen LogP contribution >= 0.6 is 0 Å². The minimum Gasteiger partial charge on any atom is -0.454 e. The van der Waals surface area contributed by atoms with Crippen LogP contribution in [0.2, 0.25) is 19.6 Å². The molecular weight excluding hydrogens is 965 g/mol. The van der Waals surface area contributed by atoms with E-state index in [-0.39, 0.29) is 0 Å². The molecule has 0 saturated heterocycles. The van der Waals surface area contributed by atoms with Gasteiger partial charge in [0.15, 0.2) is 11.2 Å². The number of fused-ring (bicyclic) bond motifs is 13. The van der Waals surface area contributed by atoms with Crippen molar-refractivity contribution >= 4 is 113 Å². The van der Waals surface area contributed by atoms with Crippen molar-refractivity contribution in [3.8, 4) is 11.1 Å². The molecule has 0 saturated carbocycles. The van der Waals surface area contributed by atoms with Crippen LogP contribution in [0.5, 0.6) is 0 Å². The Balaban J connectivity index is 1.09. The highest BCUT2D eigenvalue weighted by Gasteiger charge is 2.49. The molecule has 14 aromatic rings. The summed E-state index contributed by atoms with van der Waals surface area (Å²) in [5.41, 5.74) is 17.3. The van der Waals surface area contributed by atoms with E-state index in [1.165, 1.54) is 54.9 Å². The van der Waals surface area contributed by atoms with Crippen LogP contribution in [-0.2, 0) is 5.41 Å². The van der Waals surface area contributed by atoms with Gasteiger partial charge >= 0.3 is 0 Å². The van der Waals surface area contributed by atoms with Crippen LogP contribution in [0.15, 0.2) is 264 Å². The van der Waals surface area contributed by atoms with Gasteiger partial charge in [-0.25, -0.2) is 0 Å². The Labute approximate surface area is 454 Å². The number of furan rings is 2. The summed E-state index contributed by atoms with van der Waals surface area (Å²) in [6.07, 6.45) is 0. The van der Waals surface area contributed by atoms with E-state index in [1.807, 2.05) is 0 Å². The van der Waals surface area contributed by atoms with Gasteiger partial charge in [-0.3, -0.25) is 0 Å². The van der Waals surface area contributed by atoms with Crippen LogP contribution in [-0.4, -0.2) is 8.07 Å². The lowest BCUT2D eigenvalue weighted by molar-refractivity contribution is 0.669. The molecule has 15 rings (SSSR count). The van der Waals surface area contributed by atoms with Crippen LogP contribution < -0.4 is 15.0 Å². The third-order valence-electron chi connectivity index (χ3n) is 16.5. The molecule has 0 amide bonds. The maximum absolute atomic E-state index is 6.98. The molecule has 372 valence electrons. The number of rotatable bonds is 9. The van der Waals surface area contributed by atoms with Gasteiger partial charge in [0.25, 0.3) is 0 Å². The molecule has 0 bridgehead atoms. The molecule has 5 heteroatoms. The molecule has 2 heterocycles. The lowest BCUT2D eigenvalue weighted by atomic mass is 9.67. The molecule has 0 atom stereocenters. The van der Waals surface area contributed by atoms with E-state index in [1.54, 1.807) is 0 Å². The van der Waals surface area contributed by atoms with Crippen molar-refractivity contribution in [3.05, 3.63) is 283 Å². The Morgan fingerprint density at radius 1 is 0.333 bits per heavy atom. The minimum atomic E-state index is -1.65. The summed E-state index contributed by atoms with van der Waals surface area (Å²) < 4.78 is 13.9. The zero-order chi connectivity index (χ0) is 52.3. The second-order valence-electron chi connectivity index (χ2n) is 22.0. The molecule has 2 aromatic heterocycles. The van der Waals surface area contributed by atoms with E-state index < -0.39 is 13.5 Å². The summed E-state index contributed by atoms with van der Waals surface area (Å²) >= 11 is 0. The Morgan fingerprint density at radius 2 is 0.705 bits per heavy atom. The molecule has 12 aromatic carbocycles. The molecule has 1 aliphatic rings. The summed E-state index contributed by atoms with van der Waals surface area (Å²) in [7, 11) is -1.65. The summed E-state index contributed by atoms with van der Waals surface area (Å²) in [6.45, 7) is 9.41. The van der Waals surface area contributed by atoms with Gasteiger partial charge in [0.05, 0.1) is 36.2 Å². The fourth-order valence-corrected chi connectivity index (χ4v) is 14.1. The smallest absolute Gasteiger partial charge is 0.159 e. The Kier molecular flexibility index (Phi) is 10.3. The standard InChI is InChI=1S/C73H54N2O2Si/c1-47-37-39-50(40-38-47)74(63-33-19-31-59-55-27-15-17-35-67(55)76-71(59)63)65-45-61-69(57-29-13-11-25-53(57)65)70-58-30-14-12-26-54(58)66(46-62(70)73(61,48-21-7-5-8-22-48)49-23-9-6-10-24-49)75(51-41-43-52(44-42-51)78(2,3)4)64-34-20-32-60-56-28-16-18-36-68(56)77-72(60)64/h5-46H,1-4H3. The summed E-state index contributed by atoms with van der Waals surface area (Å²) in [4.78, 5) is 4.92. The molecule has 0 fully saturated rings. The van der Waals surface area contributed by atoms with E-state index in [0.717, 1.165) is 88.8 Å². The maximum atomic E-state index is 6.98. The first-order chi connectivity index (χ1) is 38.3. The molecule has 78 heavy (non-hydrogen) atoms. The van der Waals surface area contributed by atoms with Gasteiger partial charge in [-0.05, 0) is 112 Å². The van der Waals surface area contributed by atoms with Crippen molar-refractivity contribution in [1.82, 2.24) is 0 Å². The van der Waals surface area contributed by atoms with Crippen molar-refractivity contribution < 1.29 is 8.83 Å². The molecule has 0 unspecified atom stereocenters. The van der Waals surface area contributed by atoms with Crippen molar-refractivity contribution in [1.29, 1.82) is 0 Å². The van der Waals surface area contributed by atoms with Gasteiger partial charge in [0.1, 0.15) is 11.2 Å². The Morgan fingerprint density at radius 3 is 1.14 bits per heavy atom. The molecular formula is C73H54N2O2Si. The fraction of sp³-hybridized carbons (Fsp3) is 0.0685. The molecule has 0 radical (unpaired) electrons. The lowest BCUT2D eigenvalue weighted by Crippen LogP contribution is -2.37. The SMILES string of the molecule is Cc1ccc(N(c2cc3c(c4ccccc24)-c2c(cc(N(c4ccc([Si](C)(C)C)cc4)c4cccc5c4oc4ccccc45)c4ccccc24)C3(c2ccccc2)c2ccccc2)c2cccc3c2oc2ccccc23)cc1. The average Bonchev–Trinajstić information content (AvgIpc) is 4.16. The zero-order valence-corrected chi connectivity index (χ0v) is 45.0. The van der Waals surface area contributed by atoms with Crippen LogP contribution in [0.1, 0.15) is 27.8 Å². The van der Waals surface area contributed by atoms with E-state index in [0.29, 0.717) is 0 Å². The number of para-hydroxylation sites is 4. The Bertz CT molecular complexity index is 4630. The second-order valence-corrected chi connectivity index (χ2v) is 27.1.